The van der Waals surface area contributed by atoms with Crippen molar-refractivity contribution in [2.24, 2.45) is 0 Å². The number of morpholine rings is 1. The van der Waals surface area contributed by atoms with Crippen molar-refractivity contribution >= 4 is 28.3 Å². The van der Waals surface area contributed by atoms with Gasteiger partial charge in [0.15, 0.2) is 11.5 Å². The molecule has 11 nitrogen and oxygen atoms in total. The van der Waals surface area contributed by atoms with Crippen LogP contribution in [0.5, 0.6) is 28.9 Å². The molecule has 0 aliphatic carbocycles. The summed E-state index contributed by atoms with van der Waals surface area (Å²) in [6.45, 7) is 6.77. The fourth-order valence-electron chi connectivity index (χ4n) is 4.34. The maximum atomic E-state index is 13.9. The first-order valence-electron chi connectivity index (χ1n) is 13.9. The van der Waals surface area contributed by atoms with Crippen LogP contribution < -0.4 is 34.9 Å². The minimum Gasteiger partial charge on any atom is -0.490 e. The standard InChI is InChI=1S/C26H20F4N4O5.C4H9NO/c1-2-36-20-12-19-21(23-22(20)37-9-10-38-23)24(32-13-31-19)39-16-6-4-15(5-7-16)33-25(35)34-18-11-14(26(28,29)30)3-8-17(18)27;1-3-6-4-2-5-1/h3-8,11-13H,2,9-10H2,1H3,(H2,33,34,35);5H,1-4H2. The van der Waals surface area contributed by atoms with Crippen LogP contribution in [0, 0.1) is 5.82 Å². The van der Waals surface area contributed by atoms with Crippen LogP contribution in [0.25, 0.3) is 10.9 Å². The summed E-state index contributed by atoms with van der Waals surface area (Å²) in [5.41, 5.74) is -0.912. The number of carbonyl (C=O) groups excluding carboxylic acids is 1. The van der Waals surface area contributed by atoms with Crippen LogP contribution in [0.2, 0.25) is 0 Å². The Morgan fingerprint density at radius 2 is 1.69 bits per heavy atom. The van der Waals surface area contributed by atoms with Gasteiger partial charge in [0.2, 0.25) is 11.6 Å². The summed E-state index contributed by atoms with van der Waals surface area (Å²) >= 11 is 0. The Labute approximate surface area is 254 Å². The highest BCUT2D eigenvalue weighted by molar-refractivity contribution is 6.00. The van der Waals surface area contributed by atoms with E-state index in [0.29, 0.717) is 71.9 Å². The molecule has 3 N–H and O–H groups in total. The van der Waals surface area contributed by atoms with E-state index < -0.39 is 29.3 Å². The van der Waals surface area contributed by atoms with Gasteiger partial charge in [-0.25, -0.2) is 19.2 Å². The molecule has 0 atom stereocenters. The molecule has 1 aromatic heterocycles. The van der Waals surface area contributed by atoms with E-state index in [2.05, 4.69) is 25.9 Å². The number of fused-ring (bicyclic) bond motifs is 3. The number of nitrogens with zero attached hydrogens (tertiary/aromatic N) is 2. The highest BCUT2D eigenvalue weighted by Gasteiger charge is 2.31. The lowest BCUT2D eigenvalue weighted by Crippen LogP contribution is -2.30. The fourth-order valence-corrected chi connectivity index (χ4v) is 4.34. The Morgan fingerprint density at radius 1 is 0.956 bits per heavy atom. The van der Waals surface area contributed by atoms with Gasteiger partial charge in [0, 0.05) is 24.8 Å². The van der Waals surface area contributed by atoms with Crippen LogP contribution >= 0.6 is 0 Å². The van der Waals surface area contributed by atoms with Crippen LogP contribution in [-0.2, 0) is 10.9 Å². The molecule has 3 aromatic carbocycles. The normalized spacial score (nSPS) is 14.2. The molecule has 2 aliphatic heterocycles. The van der Waals surface area contributed by atoms with Gasteiger partial charge in [0.1, 0.15) is 36.5 Å². The van der Waals surface area contributed by atoms with Gasteiger partial charge < -0.3 is 39.6 Å². The predicted octanol–water partition coefficient (Wildman–Crippen LogP) is 6.00. The lowest BCUT2D eigenvalue weighted by atomic mass is 10.1. The van der Waals surface area contributed by atoms with E-state index in [4.69, 9.17) is 23.7 Å². The number of alkyl halides is 3. The van der Waals surface area contributed by atoms with Crippen molar-refractivity contribution in [3.63, 3.8) is 0 Å². The van der Waals surface area contributed by atoms with Gasteiger partial charge in [-0.1, -0.05) is 0 Å². The SMILES string of the molecule is C1COCCN1.CCOc1cc2ncnc(Oc3ccc(NC(=O)Nc4cc(C(F)(F)F)ccc4F)cc3)c2c2c1OCCO2. The van der Waals surface area contributed by atoms with Crippen molar-refractivity contribution in [1.82, 2.24) is 15.3 Å². The average molecular weight is 632 g/mol. The quantitative estimate of drug-likeness (QED) is 0.220. The second-order valence-electron chi connectivity index (χ2n) is 9.50. The summed E-state index contributed by atoms with van der Waals surface area (Å²) < 4.78 is 80.9. The largest absolute Gasteiger partial charge is 0.490 e. The number of nitrogens with one attached hydrogen (secondary N) is 3. The van der Waals surface area contributed by atoms with Gasteiger partial charge in [0.25, 0.3) is 0 Å². The van der Waals surface area contributed by atoms with E-state index in [1.807, 2.05) is 6.92 Å². The Bertz CT molecular complexity index is 1620. The van der Waals surface area contributed by atoms with Crippen LogP contribution in [0.4, 0.5) is 33.7 Å². The molecule has 0 spiro atoms. The van der Waals surface area contributed by atoms with Crippen LogP contribution in [0.1, 0.15) is 12.5 Å². The van der Waals surface area contributed by atoms with E-state index in [1.54, 1.807) is 6.07 Å². The summed E-state index contributed by atoms with van der Waals surface area (Å²) in [4.78, 5) is 20.8. The Hall–Kier alpha value is -4.89. The third-order valence-corrected chi connectivity index (χ3v) is 6.36. The highest BCUT2D eigenvalue weighted by atomic mass is 19.4. The highest BCUT2D eigenvalue weighted by Crippen LogP contribution is 2.47. The van der Waals surface area contributed by atoms with E-state index in [-0.39, 0.29) is 11.6 Å². The molecule has 0 bridgehead atoms. The first-order valence-corrected chi connectivity index (χ1v) is 13.9. The predicted molar refractivity (Wildman–Crippen MR) is 156 cm³/mol. The second kappa shape index (κ2) is 14.3. The van der Waals surface area contributed by atoms with Crippen molar-refractivity contribution < 1.29 is 46.0 Å². The van der Waals surface area contributed by atoms with Crippen LogP contribution in [-0.4, -0.2) is 62.1 Å². The molecule has 1 fully saturated rings. The summed E-state index contributed by atoms with van der Waals surface area (Å²) in [7, 11) is 0. The zero-order valence-electron chi connectivity index (χ0n) is 24.0. The number of amides is 2. The molecule has 15 heteroatoms. The number of ether oxygens (including phenoxy) is 5. The number of rotatable bonds is 6. The molecule has 6 rings (SSSR count). The number of hydrogen-bond donors (Lipinski definition) is 3. The number of halogens is 4. The van der Waals surface area contributed by atoms with Gasteiger partial charge in [-0.15, -0.1) is 0 Å². The van der Waals surface area contributed by atoms with Gasteiger partial charge in [-0.05, 0) is 49.4 Å². The average Bonchev–Trinajstić information content (AvgIpc) is 3.04. The molecular weight excluding hydrogens is 602 g/mol. The van der Waals surface area contributed by atoms with Crippen LogP contribution in [0.3, 0.4) is 0 Å². The Kier molecular flexibility index (Phi) is 9.99. The molecule has 4 aromatic rings. The number of hydrogen-bond acceptors (Lipinski definition) is 9. The third kappa shape index (κ3) is 7.99. The van der Waals surface area contributed by atoms with Gasteiger partial charge >= 0.3 is 12.2 Å². The third-order valence-electron chi connectivity index (χ3n) is 6.36. The van der Waals surface area contributed by atoms with Gasteiger partial charge in [0.05, 0.1) is 36.6 Å². The molecule has 1 saturated heterocycles. The number of carbonyl (C=O) groups is 1. The number of anilines is 2. The number of benzene rings is 3. The van der Waals surface area contributed by atoms with Crippen molar-refractivity contribution in [2.75, 3.05) is 56.8 Å². The zero-order valence-corrected chi connectivity index (χ0v) is 24.0. The molecular formula is C30H29F4N5O6. The molecule has 45 heavy (non-hydrogen) atoms. The molecule has 238 valence electrons. The first-order chi connectivity index (χ1) is 21.7. The summed E-state index contributed by atoms with van der Waals surface area (Å²) in [5.74, 6) is 0.854. The van der Waals surface area contributed by atoms with Gasteiger partial charge in [-0.3, -0.25) is 0 Å². The maximum Gasteiger partial charge on any atom is 0.416 e. The van der Waals surface area contributed by atoms with Crippen molar-refractivity contribution in [3.8, 4) is 28.9 Å². The number of aromatic nitrogens is 2. The van der Waals surface area contributed by atoms with E-state index in [1.165, 1.54) is 30.6 Å². The van der Waals surface area contributed by atoms with Crippen LogP contribution in [0.15, 0.2) is 54.9 Å². The Balaban J connectivity index is 0.000000598. The summed E-state index contributed by atoms with van der Waals surface area (Å²) in [6, 6.07) is 8.56. The summed E-state index contributed by atoms with van der Waals surface area (Å²) in [5, 5.41) is 8.15. The fraction of sp³-hybridized carbons (Fsp3) is 0.300. The van der Waals surface area contributed by atoms with Crippen molar-refractivity contribution in [2.45, 2.75) is 13.1 Å². The lowest BCUT2D eigenvalue weighted by molar-refractivity contribution is -0.137. The number of urea groups is 1. The topological polar surface area (TPSA) is 125 Å². The molecule has 0 saturated carbocycles. The minimum absolute atomic E-state index is 0.197. The van der Waals surface area contributed by atoms with E-state index >= 15 is 0 Å². The molecule has 0 unspecified atom stereocenters. The first kappa shape index (κ1) is 31.5. The maximum absolute atomic E-state index is 13.9. The zero-order chi connectivity index (χ0) is 31.8. The van der Waals surface area contributed by atoms with E-state index in [0.717, 1.165) is 26.3 Å². The molecule has 2 amide bonds. The minimum atomic E-state index is -4.69. The molecule has 0 radical (unpaired) electrons. The smallest absolute Gasteiger partial charge is 0.416 e. The van der Waals surface area contributed by atoms with Crippen molar-refractivity contribution in [1.29, 1.82) is 0 Å². The lowest BCUT2D eigenvalue weighted by Gasteiger charge is -2.23. The molecule has 2 aliphatic rings. The monoisotopic (exact) mass is 631 g/mol. The van der Waals surface area contributed by atoms with Gasteiger partial charge in [-0.2, -0.15) is 13.2 Å². The molecule has 3 heterocycles. The second-order valence-corrected chi connectivity index (χ2v) is 9.50. The summed E-state index contributed by atoms with van der Waals surface area (Å²) in [6.07, 6.45) is -3.36. The van der Waals surface area contributed by atoms with E-state index in [9.17, 15) is 22.4 Å². The van der Waals surface area contributed by atoms with Crippen molar-refractivity contribution in [3.05, 3.63) is 66.2 Å². The Morgan fingerprint density at radius 3 is 2.33 bits per heavy atom.